The van der Waals surface area contributed by atoms with Gasteiger partial charge in [-0.2, -0.15) is 5.10 Å². The molecule has 2 aromatic rings. The van der Waals surface area contributed by atoms with Gasteiger partial charge in [-0.15, -0.1) is 0 Å². The van der Waals surface area contributed by atoms with Crippen LogP contribution in [0.1, 0.15) is 5.56 Å². The largest absolute Gasteiger partial charge is 0.294 e. The van der Waals surface area contributed by atoms with Crippen molar-refractivity contribution in [2.45, 2.75) is 0 Å². The highest BCUT2D eigenvalue weighted by molar-refractivity contribution is 6.33. The standard InChI is InChI=1S/C13H10ClN3O2/c14-11-6-2-1-5-10(11)9-15-16-12-7-3-4-8-13(12)17(18)19/h1-9,16H/b15-9+. The van der Waals surface area contributed by atoms with Gasteiger partial charge in [0.15, 0.2) is 0 Å². The fourth-order valence-electron chi connectivity index (χ4n) is 1.48. The van der Waals surface area contributed by atoms with Crippen molar-refractivity contribution in [3.8, 4) is 0 Å². The molecule has 0 saturated heterocycles. The Morgan fingerprint density at radius 2 is 1.84 bits per heavy atom. The maximum Gasteiger partial charge on any atom is 0.294 e. The molecule has 0 saturated carbocycles. The van der Waals surface area contributed by atoms with Gasteiger partial charge < -0.3 is 0 Å². The number of hydrogen-bond acceptors (Lipinski definition) is 4. The van der Waals surface area contributed by atoms with Crippen LogP contribution >= 0.6 is 11.6 Å². The van der Waals surface area contributed by atoms with Crippen LogP contribution in [0, 0.1) is 10.1 Å². The van der Waals surface area contributed by atoms with E-state index in [0.29, 0.717) is 10.7 Å². The first-order chi connectivity index (χ1) is 9.18. The first kappa shape index (κ1) is 13.0. The summed E-state index contributed by atoms with van der Waals surface area (Å²) in [6.45, 7) is 0. The summed E-state index contributed by atoms with van der Waals surface area (Å²) in [4.78, 5) is 10.3. The van der Waals surface area contributed by atoms with E-state index in [0.717, 1.165) is 5.56 Å². The number of anilines is 1. The lowest BCUT2D eigenvalue weighted by Crippen LogP contribution is -1.96. The molecule has 0 aliphatic rings. The van der Waals surface area contributed by atoms with E-state index in [-0.39, 0.29) is 5.69 Å². The van der Waals surface area contributed by atoms with Crippen LogP contribution in [-0.4, -0.2) is 11.1 Å². The van der Waals surface area contributed by atoms with Crippen LogP contribution in [0.2, 0.25) is 5.02 Å². The molecule has 96 valence electrons. The number of halogens is 1. The summed E-state index contributed by atoms with van der Waals surface area (Å²) in [6.07, 6.45) is 1.51. The van der Waals surface area contributed by atoms with Crippen molar-refractivity contribution in [2.75, 3.05) is 5.43 Å². The predicted molar refractivity (Wildman–Crippen MR) is 75.8 cm³/mol. The molecular formula is C13H10ClN3O2. The van der Waals surface area contributed by atoms with Crippen LogP contribution in [-0.2, 0) is 0 Å². The minimum absolute atomic E-state index is 0.0289. The monoisotopic (exact) mass is 275 g/mol. The number of hydrogen-bond donors (Lipinski definition) is 1. The first-order valence-electron chi connectivity index (χ1n) is 5.45. The molecule has 0 bridgehead atoms. The average molecular weight is 276 g/mol. The zero-order valence-corrected chi connectivity index (χ0v) is 10.5. The molecule has 0 atom stereocenters. The van der Waals surface area contributed by atoms with Crippen molar-refractivity contribution in [3.63, 3.8) is 0 Å². The molecule has 5 nitrogen and oxygen atoms in total. The van der Waals surface area contributed by atoms with Gasteiger partial charge >= 0.3 is 0 Å². The molecule has 2 rings (SSSR count). The summed E-state index contributed by atoms with van der Waals surface area (Å²) >= 11 is 5.96. The zero-order valence-electron chi connectivity index (χ0n) is 9.79. The van der Waals surface area contributed by atoms with Gasteiger partial charge in [-0.1, -0.05) is 41.9 Å². The van der Waals surface area contributed by atoms with Crippen molar-refractivity contribution in [2.24, 2.45) is 5.10 Å². The molecule has 0 heterocycles. The predicted octanol–water partition coefficient (Wildman–Crippen LogP) is 3.69. The van der Waals surface area contributed by atoms with E-state index in [2.05, 4.69) is 10.5 Å². The van der Waals surface area contributed by atoms with Crippen LogP contribution in [0.25, 0.3) is 0 Å². The smallest absolute Gasteiger partial charge is 0.272 e. The van der Waals surface area contributed by atoms with E-state index in [1.165, 1.54) is 12.3 Å². The van der Waals surface area contributed by atoms with E-state index < -0.39 is 4.92 Å². The van der Waals surface area contributed by atoms with E-state index in [4.69, 9.17) is 11.6 Å². The third-order valence-corrected chi connectivity index (χ3v) is 2.74. The Hall–Kier alpha value is -2.40. The number of benzene rings is 2. The molecule has 2 aromatic carbocycles. The zero-order chi connectivity index (χ0) is 13.7. The number of nitrogens with zero attached hydrogens (tertiary/aromatic N) is 2. The SMILES string of the molecule is O=[N+]([O-])c1ccccc1N/N=C/c1ccccc1Cl. The number of nitrogens with one attached hydrogen (secondary N) is 1. The van der Waals surface area contributed by atoms with E-state index in [9.17, 15) is 10.1 Å². The van der Waals surface area contributed by atoms with Gasteiger partial charge in [-0.3, -0.25) is 15.5 Å². The molecule has 0 aromatic heterocycles. The molecule has 6 heteroatoms. The lowest BCUT2D eigenvalue weighted by atomic mass is 10.2. The molecule has 0 unspecified atom stereocenters. The van der Waals surface area contributed by atoms with Gasteiger partial charge in [-0.05, 0) is 12.1 Å². The number of nitro benzene ring substituents is 1. The van der Waals surface area contributed by atoms with Gasteiger partial charge in [0.1, 0.15) is 5.69 Å². The van der Waals surface area contributed by atoms with Crippen molar-refractivity contribution < 1.29 is 4.92 Å². The molecule has 0 spiro atoms. The van der Waals surface area contributed by atoms with Gasteiger partial charge in [0.2, 0.25) is 0 Å². The highest BCUT2D eigenvalue weighted by Gasteiger charge is 2.10. The number of hydrazone groups is 1. The summed E-state index contributed by atoms with van der Waals surface area (Å²) in [6, 6.07) is 13.5. The van der Waals surface area contributed by atoms with Crippen molar-refractivity contribution >= 4 is 29.2 Å². The van der Waals surface area contributed by atoms with E-state index in [1.54, 1.807) is 30.3 Å². The average Bonchev–Trinajstić information content (AvgIpc) is 2.41. The second-order valence-corrected chi connectivity index (χ2v) is 4.07. The Balaban J connectivity index is 2.15. The maximum atomic E-state index is 10.8. The lowest BCUT2D eigenvalue weighted by molar-refractivity contribution is -0.384. The van der Waals surface area contributed by atoms with Gasteiger partial charge in [0, 0.05) is 16.7 Å². The molecule has 1 N–H and O–H groups in total. The van der Waals surface area contributed by atoms with Crippen molar-refractivity contribution in [1.82, 2.24) is 0 Å². The second kappa shape index (κ2) is 5.97. The highest BCUT2D eigenvalue weighted by Crippen LogP contribution is 2.23. The fraction of sp³-hybridized carbons (Fsp3) is 0. The first-order valence-corrected chi connectivity index (χ1v) is 5.83. The van der Waals surface area contributed by atoms with Crippen LogP contribution in [0.5, 0.6) is 0 Å². The third-order valence-electron chi connectivity index (χ3n) is 2.39. The quantitative estimate of drug-likeness (QED) is 0.525. The van der Waals surface area contributed by atoms with Crippen LogP contribution in [0.3, 0.4) is 0 Å². The van der Waals surface area contributed by atoms with E-state index in [1.807, 2.05) is 12.1 Å². The third kappa shape index (κ3) is 3.29. The molecule has 0 radical (unpaired) electrons. The fourth-order valence-corrected chi connectivity index (χ4v) is 1.66. The summed E-state index contributed by atoms with van der Waals surface area (Å²) in [5, 5.41) is 15.3. The van der Waals surface area contributed by atoms with E-state index >= 15 is 0 Å². The Morgan fingerprint density at radius 3 is 2.58 bits per heavy atom. The number of para-hydroxylation sites is 2. The minimum Gasteiger partial charge on any atom is -0.272 e. The van der Waals surface area contributed by atoms with Gasteiger partial charge in [0.25, 0.3) is 5.69 Å². The molecule has 0 fully saturated rings. The van der Waals surface area contributed by atoms with Crippen LogP contribution in [0.4, 0.5) is 11.4 Å². The summed E-state index contributed by atoms with van der Waals surface area (Å²) in [5.74, 6) is 0. The highest BCUT2D eigenvalue weighted by atomic mass is 35.5. The molecular weight excluding hydrogens is 266 g/mol. The van der Waals surface area contributed by atoms with Gasteiger partial charge in [-0.25, -0.2) is 0 Å². The number of nitro groups is 1. The van der Waals surface area contributed by atoms with Crippen LogP contribution in [0.15, 0.2) is 53.6 Å². The Labute approximate surface area is 114 Å². The van der Waals surface area contributed by atoms with Gasteiger partial charge in [0.05, 0.1) is 11.1 Å². The van der Waals surface area contributed by atoms with Crippen LogP contribution < -0.4 is 5.43 Å². The molecule has 0 aliphatic carbocycles. The van der Waals surface area contributed by atoms with Crippen molar-refractivity contribution in [1.29, 1.82) is 0 Å². The molecule has 0 amide bonds. The lowest BCUT2D eigenvalue weighted by Gasteiger charge is -2.01. The summed E-state index contributed by atoms with van der Waals surface area (Å²) in [7, 11) is 0. The Kier molecular flexibility index (Phi) is 4.10. The maximum absolute atomic E-state index is 10.8. The number of rotatable bonds is 4. The summed E-state index contributed by atoms with van der Waals surface area (Å²) < 4.78 is 0. The minimum atomic E-state index is -0.465. The molecule has 0 aliphatic heterocycles. The normalized spacial score (nSPS) is 10.6. The molecule has 19 heavy (non-hydrogen) atoms. The van der Waals surface area contributed by atoms with Crippen molar-refractivity contribution in [3.05, 3.63) is 69.2 Å². The Morgan fingerprint density at radius 1 is 1.16 bits per heavy atom. The summed E-state index contributed by atoms with van der Waals surface area (Å²) in [5.41, 5.74) is 3.67. The Bertz CT molecular complexity index is 629. The topological polar surface area (TPSA) is 67.5 Å². The second-order valence-electron chi connectivity index (χ2n) is 3.67.